The molecule has 0 amide bonds. The van der Waals surface area contributed by atoms with Gasteiger partial charge in [-0.15, -0.1) is 0 Å². The first kappa shape index (κ1) is 12.7. The molecule has 84 valence electrons. The van der Waals surface area contributed by atoms with Crippen molar-refractivity contribution in [3.63, 3.8) is 0 Å². The van der Waals surface area contributed by atoms with Crippen molar-refractivity contribution in [1.82, 2.24) is 4.90 Å². The van der Waals surface area contributed by atoms with Crippen molar-refractivity contribution in [3.05, 3.63) is 28.8 Å². The Hall–Kier alpha value is -0.380. The maximum Gasteiger partial charge on any atom is 0.137 e. The van der Waals surface area contributed by atoms with Gasteiger partial charge in [0.2, 0.25) is 0 Å². The van der Waals surface area contributed by atoms with E-state index in [-0.39, 0.29) is 5.37 Å². The second-order valence-corrected chi connectivity index (χ2v) is 4.36. The molecule has 0 aliphatic rings. The van der Waals surface area contributed by atoms with Gasteiger partial charge in [-0.25, -0.2) is 0 Å². The zero-order valence-electron chi connectivity index (χ0n) is 9.20. The highest BCUT2D eigenvalue weighted by atomic mass is 35.5. The summed E-state index contributed by atoms with van der Waals surface area (Å²) < 4.78 is 5.36. The Kier molecular flexibility index (Phi) is 4.77. The molecule has 0 aliphatic heterocycles. The minimum Gasteiger partial charge on any atom is -0.492 e. The van der Waals surface area contributed by atoms with E-state index >= 15 is 0 Å². The van der Waals surface area contributed by atoms with Gasteiger partial charge in [0, 0.05) is 0 Å². The summed E-state index contributed by atoms with van der Waals surface area (Å²) in [6.07, 6.45) is 0. The molecule has 0 fully saturated rings. The van der Waals surface area contributed by atoms with Crippen LogP contribution in [0.3, 0.4) is 0 Å². The summed E-state index contributed by atoms with van der Waals surface area (Å²) in [5, 5.41) is 0.688. The molecule has 0 saturated carbocycles. The molecule has 4 heteroatoms. The highest BCUT2D eigenvalue weighted by Crippen LogP contribution is 2.30. The molecular weight excluding hydrogens is 230 g/mol. The van der Waals surface area contributed by atoms with Crippen LogP contribution in [0.15, 0.2) is 18.2 Å². The van der Waals surface area contributed by atoms with Crippen LogP contribution in [0.25, 0.3) is 0 Å². The lowest BCUT2D eigenvalue weighted by atomic mass is 10.2. The fourth-order valence-electron chi connectivity index (χ4n) is 1.25. The summed E-state index contributed by atoms with van der Waals surface area (Å²) in [6.45, 7) is 2.56. The van der Waals surface area contributed by atoms with Crippen LogP contribution in [0.2, 0.25) is 5.02 Å². The molecular formula is C11H16ClNOS. The van der Waals surface area contributed by atoms with Gasteiger partial charge in [0.05, 0.1) is 17.0 Å². The molecule has 0 aliphatic carbocycles. The molecule has 1 unspecified atom stereocenters. The van der Waals surface area contributed by atoms with E-state index in [4.69, 9.17) is 16.3 Å². The van der Waals surface area contributed by atoms with Crippen LogP contribution in [0, 0.1) is 0 Å². The number of ether oxygens (including phenoxy) is 1. The Balaban J connectivity index is 2.90. The molecule has 0 N–H and O–H groups in total. The van der Waals surface area contributed by atoms with Crippen LogP contribution >= 0.6 is 24.2 Å². The Morgan fingerprint density at radius 3 is 2.60 bits per heavy atom. The topological polar surface area (TPSA) is 12.5 Å². The van der Waals surface area contributed by atoms with Gasteiger partial charge in [-0.3, -0.25) is 4.90 Å². The number of nitrogens with zero attached hydrogens (tertiary/aromatic N) is 1. The number of halogens is 1. The van der Waals surface area contributed by atoms with Crippen molar-refractivity contribution >= 4 is 24.2 Å². The van der Waals surface area contributed by atoms with Gasteiger partial charge in [0.15, 0.2) is 0 Å². The van der Waals surface area contributed by atoms with Crippen LogP contribution in [0.5, 0.6) is 5.75 Å². The smallest absolute Gasteiger partial charge is 0.137 e. The standard InChI is InChI=1S/C11H16ClNOS/c1-4-14-10-6-5-8(7-9(10)12)11(15)13(2)3/h5-7,11,15H,4H2,1-3H3. The van der Waals surface area contributed by atoms with Gasteiger partial charge in [-0.1, -0.05) is 17.7 Å². The van der Waals surface area contributed by atoms with E-state index in [2.05, 4.69) is 12.6 Å². The predicted molar refractivity (Wildman–Crippen MR) is 68.0 cm³/mol. The van der Waals surface area contributed by atoms with Crippen LogP contribution in [-0.2, 0) is 0 Å². The fourth-order valence-corrected chi connectivity index (χ4v) is 1.65. The van der Waals surface area contributed by atoms with Crippen molar-refractivity contribution in [2.45, 2.75) is 12.3 Å². The molecule has 1 aromatic rings. The van der Waals surface area contributed by atoms with E-state index in [0.717, 1.165) is 11.3 Å². The van der Waals surface area contributed by atoms with Crippen LogP contribution in [0.1, 0.15) is 17.9 Å². The normalized spacial score (nSPS) is 12.9. The van der Waals surface area contributed by atoms with Gasteiger partial charge in [-0.05, 0) is 38.7 Å². The molecule has 0 aromatic heterocycles. The monoisotopic (exact) mass is 245 g/mol. The second-order valence-electron chi connectivity index (χ2n) is 3.46. The Morgan fingerprint density at radius 2 is 2.13 bits per heavy atom. The van der Waals surface area contributed by atoms with Gasteiger partial charge in [-0.2, -0.15) is 12.6 Å². The Bertz CT molecular complexity index is 330. The maximum atomic E-state index is 6.08. The average Bonchev–Trinajstić information content (AvgIpc) is 2.20. The van der Waals surface area contributed by atoms with Crippen LogP contribution < -0.4 is 4.74 Å². The highest BCUT2D eigenvalue weighted by molar-refractivity contribution is 7.80. The minimum atomic E-state index is 0.0539. The lowest BCUT2D eigenvalue weighted by molar-refractivity contribution is 0.340. The van der Waals surface area contributed by atoms with E-state index < -0.39 is 0 Å². The molecule has 15 heavy (non-hydrogen) atoms. The van der Waals surface area contributed by atoms with E-state index in [1.807, 2.05) is 44.1 Å². The van der Waals surface area contributed by atoms with Crippen molar-refractivity contribution in [1.29, 1.82) is 0 Å². The SMILES string of the molecule is CCOc1ccc(C(S)N(C)C)cc1Cl. The molecule has 0 saturated heterocycles. The molecule has 0 spiro atoms. The summed E-state index contributed by atoms with van der Waals surface area (Å²) in [6, 6.07) is 5.76. The van der Waals surface area contributed by atoms with Gasteiger partial charge in [0.1, 0.15) is 5.75 Å². The van der Waals surface area contributed by atoms with E-state index in [1.54, 1.807) is 0 Å². The third kappa shape index (κ3) is 3.30. The van der Waals surface area contributed by atoms with Crippen molar-refractivity contribution in [2.24, 2.45) is 0 Å². The highest BCUT2D eigenvalue weighted by Gasteiger charge is 2.10. The number of hydrogen-bond acceptors (Lipinski definition) is 3. The van der Waals surface area contributed by atoms with E-state index in [1.165, 1.54) is 0 Å². The summed E-state index contributed by atoms with van der Waals surface area (Å²) in [5.74, 6) is 0.724. The fraction of sp³-hybridized carbons (Fsp3) is 0.455. The molecule has 0 bridgehead atoms. The van der Waals surface area contributed by atoms with Crippen molar-refractivity contribution < 1.29 is 4.74 Å². The average molecular weight is 246 g/mol. The number of benzene rings is 1. The Morgan fingerprint density at radius 1 is 1.47 bits per heavy atom. The maximum absolute atomic E-state index is 6.08. The molecule has 1 rings (SSSR count). The van der Waals surface area contributed by atoms with E-state index in [0.29, 0.717) is 11.6 Å². The third-order valence-electron chi connectivity index (χ3n) is 2.04. The third-order valence-corrected chi connectivity index (χ3v) is 3.10. The quantitative estimate of drug-likeness (QED) is 0.646. The van der Waals surface area contributed by atoms with Gasteiger partial charge >= 0.3 is 0 Å². The predicted octanol–water partition coefficient (Wildman–Crippen LogP) is 3.23. The first-order valence-corrected chi connectivity index (χ1v) is 5.72. The number of rotatable bonds is 4. The van der Waals surface area contributed by atoms with Gasteiger partial charge in [0.25, 0.3) is 0 Å². The lowest BCUT2D eigenvalue weighted by Gasteiger charge is -2.19. The first-order chi connectivity index (χ1) is 7.06. The molecule has 2 nitrogen and oxygen atoms in total. The first-order valence-electron chi connectivity index (χ1n) is 4.83. The molecule has 0 heterocycles. The molecule has 1 atom stereocenters. The van der Waals surface area contributed by atoms with Crippen LogP contribution in [-0.4, -0.2) is 25.6 Å². The zero-order valence-corrected chi connectivity index (χ0v) is 10.8. The van der Waals surface area contributed by atoms with E-state index in [9.17, 15) is 0 Å². The second kappa shape index (κ2) is 5.64. The summed E-state index contributed by atoms with van der Waals surface area (Å²) >= 11 is 10.6. The minimum absolute atomic E-state index is 0.0539. The lowest BCUT2D eigenvalue weighted by Crippen LogP contribution is -2.14. The number of hydrogen-bond donors (Lipinski definition) is 1. The van der Waals surface area contributed by atoms with Crippen molar-refractivity contribution in [2.75, 3.05) is 20.7 Å². The summed E-state index contributed by atoms with van der Waals surface area (Å²) in [4.78, 5) is 2.01. The zero-order chi connectivity index (χ0) is 11.4. The molecule has 0 radical (unpaired) electrons. The largest absolute Gasteiger partial charge is 0.492 e. The summed E-state index contributed by atoms with van der Waals surface area (Å²) in [5.41, 5.74) is 1.07. The van der Waals surface area contributed by atoms with Gasteiger partial charge < -0.3 is 4.74 Å². The summed E-state index contributed by atoms with van der Waals surface area (Å²) in [7, 11) is 3.95. The Labute approximate surface area is 102 Å². The van der Waals surface area contributed by atoms with Crippen molar-refractivity contribution in [3.8, 4) is 5.75 Å². The van der Waals surface area contributed by atoms with Crippen LogP contribution in [0.4, 0.5) is 0 Å². The molecule has 1 aromatic carbocycles. The number of thiol groups is 1.